The van der Waals surface area contributed by atoms with Gasteiger partial charge in [0.05, 0.1) is 0 Å². The summed E-state index contributed by atoms with van der Waals surface area (Å²) in [6.45, 7) is 1.94. The van der Waals surface area contributed by atoms with Crippen LogP contribution in [-0.2, 0) is 4.79 Å². The lowest BCUT2D eigenvalue weighted by molar-refractivity contribution is -0.131. The Kier molecular flexibility index (Phi) is 4.32. The monoisotopic (exact) mass is 266 g/mol. The molecule has 2 rings (SSSR count). The third kappa shape index (κ3) is 3.67. The first kappa shape index (κ1) is 13.3. The second kappa shape index (κ2) is 6.17. The summed E-state index contributed by atoms with van der Waals surface area (Å²) in [5.74, 6) is -0.245. The van der Waals surface area contributed by atoms with Gasteiger partial charge in [0.15, 0.2) is 0 Å². The van der Waals surface area contributed by atoms with Gasteiger partial charge in [-0.15, -0.1) is 5.10 Å². The fourth-order valence-corrected chi connectivity index (χ4v) is 2.04. The van der Waals surface area contributed by atoms with E-state index in [2.05, 4.69) is 20.5 Å². The number of amides is 2. The molecular weight excluding hydrogens is 248 g/mol. The topological polar surface area (TPSA) is 117 Å². The third-order valence-electron chi connectivity index (χ3n) is 3.05. The lowest BCUT2D eigenvalue weighted by Crippen LogP contribution is -2.37. The average molecular weight is 266 g/mol. The van der Waals surface area contributed by atoms with E-state index in [9.17, 15) is 9.59 Å². The van der Waals surface area contributed by atoms with Crippen molar-refractivity contribution >= 4 is 17.8 Å². The van der Waals surface area contributed by atoms with Crippen molar-refractivity contribution in [2.75, 3.05) is 25.4 Å². The Hall–Kier alpha value is -2.12. The van der Waals surface area contributed by atoms with Crippen LogP contribution < -0.4 is 11.1 Å². The molecule has 0 aromatic carbocycles. The zero-order valence-electron chi connectivity index (χ0n) is 10.7. The minimum atomic E-state index is -0.407. The lowest BCUT2D eigenvalue weighted by atomic mass is 10.1. The van der Waals surface area contributed by atoms with Gasteiger partial charge in [-0.1, -0.05) is 0 Å². The highest BCUT2D eigenvalue weighted by Gasteiger charge is 2.16. The standard InChI is InChI=1S/C11H18N6O2/c12-11-14-9(15-16-11)10(19)13-5-4-8(18)17-6-2-1-3-7-17/h1-7H2,(H,13,19)(H3,12,14,15,16). The number of rotatable bonds is 4. The van der Waals surface area contributed by atoms with Gasteiger partial charge in [0.1, 0.15) is 0 Å². The molecule has 8 nitrogen and oxygen atoms in total. The Labute approximate surface area is 110 Å². The molecule has 0 atom stereocenters. The molecule has 1 fully saturated rings. The number of H-pyrrole nitrogens is 1. The summed E-state index contributed by atoms with van der Waals surface area (Å²) in [5, 5.41) is 8.58. The summed E-state index contributed by atoms with van der Waals surface area (Å²) in [6, 6.07) is 0. The van der Waals surface area contributed by atoms with Gasteiger partial charge in [-0.25, -0.2) is 0 Å². The van der Waals surface area contributed by atoms with Gasteiger partial charge >= 0.3 is 0 Å². The molecule has 104 valence electrons. The lowest BCUT2D eigenvalue weighted by Gasteiger charge is -2.26. The van der Waals surface area contributed by atoms with Crippen LogP contribution in [0.25, 0.3) is 0 Å². The Morgan fingerprint density at radius 2 is 2.05 bits per heavy atom. The maximum absolute atomic E-state index is 11.8. The van der Waals surface area contributed by atoms with E-state index in [-0.39, 0.29) is 24.2 Å². The van der Waals surface area contributed by atoms with E-state index in [0.717, 1.165) is 25.9 Å². The maximum Gasteiger partial charge on any atom is 0.288 e. The molecule has 0 aliphatic carbocycles. The van der Waals surface area contributed by atoms with E-state index in [1.165, 1.54) is 6.42 Å². The Balaban J connectivity index is 1.71. The number of hydrogen-bond donors (Lipinski definition) is 3. The predicted octanol–water partition coefficient (Wildman–Crippen LogP) is -0.481. The van der Waals surface area contributed by atoms with Crippen molar-refractivity contribution in [2.45, 2.75) is 25.7 Å². The van der Waals surface area contributed by atoms with Gasteiger partial charge in [0.2, 0.25) is 17.7 Å². The van der Waals surface area contributed by atoms with Crippen molar-refractivity contribution in [2.24, 2.45) is 0 Å². The summed E-state index contributed by atoms with van der Waals surface area (Å²) in [6.07, 6.45) is 3.62. The van der Waals surface area contributed by atoms with E-state index in [4.69, 9.17) is 5.73 Å². The van der Waals surface area contributed by atoms with Crippen LogP contribution in [-0.4, -0.2) is 51.5 Å². The molecule has 2 amide bonds. The number of carbonyl (C=O) groups excluding carboxylic acids is 2. The highest BCUT2D eigenvalue weighted by atomic mass is 16.2. The number of aromatic amines is 1. The summed E-state index contributed by atoms with van der Waals surface area (Å²) >= 11 is 0. The first-order valence-corrected chi connectivity index (χ1v) is 6.40. The molecule has 0 bridgehead atoms. The fraction of sp³-hybridized carbons (Fsp3) is 0.636. The molecular formula is C11H18N6O2. The largest absolute Gasteiger partial charge is 0.366 e. The highest BCUT2D eigenvalue weighted by molar-refractivity contribution is 5.90. The summed E-state index contributed by atoms with van der Waals surface area (Å²) < 4.78 is 0. The van der Waals surface area contributed by atoms with Gasteiger partial charge in [0, 0.05) is 26.1 Å². The second-order valence-corrected chi connectivity index (χ2v) is 4.49. The first-order valence-electron chi connectivity index (χ1n) is 6.40. The van der Waals surface area contributed by atoms with E-state index in [1.54, 1.807) is 0 Å². The van der Waals surface area contributed by atoms with Crippen LogP contribution in [0.4, 0.5) is 5.95 Å². The zero-order chi connectivity index (χ0) is 13.7. The number of nitrogen functional groups attached to an aromatic ring is 1. The van der Waals surface area contributed by atoms with Gasteiger partial charge in [-0.2, -0.15) is 4.98 Å². The van der Waals surface area contributed by atoms with Crippen LogP contribution in [0.3, 0.4) is 0 Å². The number of aromatic nitrogens is 3. The van der Waals surface area contributed by atoms with Crippen LogP contribution in [0.5, 0.6) is 0 Å². The van der Waals surface area contributed by atoms with Crippen molar-refractivity contribution in [3.05, 3.63) is 5.82 Å². The van der Waals surface area contributed by atoms with Crippen LogP contribution in [0.1, 0.15) is 36.3 Å². The van der Waals surface area contributed by atoms with Crippen molar-refractivity contribution in [3.63, 3.8) is 0 Å². The number of piperidine rings is 1. The Morgan fingerprint density at radius 3 is 2.68 bits per heavy atom. The third-order valence-corrected chi connectivity index (χ3v) is 3.05. The summed E-state index contributed by atoms with van der Waals surface area (Å²) in [4.78, 5) is 29.0. The predicted molar refractivity (Wildman–Crippen MR) is 68.2 cm³/mol. The minimum Gasteiger partial charge on any atom is -0.366 e. The normalized spacial score (nSPS) is 15.3. The van der Waals surface area contributed by atoms with Gasteiger partial charge in [-0.05, 0) is 19.3 Å². The smallest absolute Gasteiger partial charge is 0.288 e. The minimum absolute atomic E-state index is 0.0227. The van der Waals surface area contributed by atoms with Gasteiger partial charge in [0.25, 0.3) is 5.91 Å². The molecule has 1 aromatic heterocycles. The SMILES string of the molecule is Nc1n[nH]c(C(=O)NCCC(=O)N2CCCCC2)n1. The number of nitrogens with two attached hydrogens (primary N) is 1. The number of carbonyl (C=O) groups is 2. The van der Waals surface area contributed by atoms with Gasteiger partial charge in [-0.3, -0.25) is 14.7 Å². The average Bonchev–Trinajstić information content (AvgIpc) is 2.86. The van der Waals surface area contributed by atoms with Gasteiger partial charge < -0.3 is 16.0 Å². The molecule has 4 N–H and O–H groups in total. The molecule has 1 aliphatic heterocycles. The second-order valence-electron chi connectivity index (χ2n) is 4.49. The molecule has 0 spiro atoms. The van der Waals surface area contributed by atoms with E-state index >= 15 is 0 Å². The maximum atomic E-state index is 11.8. The number of nitrogens with zero attached hydrogens (tertiary/aromatic N) is 3. The van der Waals surface area contributed by atoms with Crippen LogP contribution >= 0.6 is 0 Å². The van der Waals surface area contributed by atoms with Crippen molar-refractivity contribution in [3.8, 4) is 0 Å². The van der Waals surface area contributed by atoms with E-state index < -0.39 is 5.91 Å². The zero-order valence-corrected chi connectivity index (χ0v) is 10.7. The van der Waals surface area contributed by atoms with E-state index in [1.807, 2.05) is 4.90 Å². The summed E-state index contributed by atoms with van der Waals surface area (Å²) in [5.41, 5.74) is 5.30. The number of likely N-dealkylation sites (tertiary alicyclic amines) is 1. The van der Waals surface area contributed by atoms with Crippen molar-refractivity contribution < 1.29 is 9.59 Å². The molecule has 1 aromatic rings. The van der Waals surface area contributed by atoms with Crippen LogP contribution in [0, 0.1) is 0 Å². The molecule has 1 saturated heterocycles. The molecule has 0 radical (unpaired) electrons. The first-order chi connectivity index (χ1) is 9.16. The summed E-state index contributed by atoms with van der Waals surface area (Å²) in [7, 11) is 0. The van der Waals surface area contributed by atoms with Crippen molar-refractivity contribution in [1.29, 1.82) is 0 Å². The van der Waals surface area contributed by atoms with Crippen molar-refractivity contribution in [1.82, 2.24) is 25.4 Å². The van der Waals surface area contributed by atoms with Crippen LogP contribution in [0.15, 0.2) is 0 Å². The van der Waals surface area contributed by atoms with E-state index in [0.29, 0.717) is 6.42 Å². The molecule has 19 heavy (non-hydrogen) atoms. The number of anilines is 1. The molecule has 1 aliphatic rings. The number of nitrogens with one attached hydrogen (secondary N) is 2. The quantitative estimate of drug-likeness (QED) is 0.680. The number of hydrogen-bond acceptors (Lipinski definition) is 5. The highest BCUT2D eigenvalue weighted by Crippen LogP contribution is 2.09. The molecule has 2 heterocycles. The molecule has 0 unspecified atom stereocenters. The Morgan fingerprint density at radius 1 is 1.32 bits per heavy atom. The van der Waals surface area contributed by atoms with Crippen LogP contribution in [0.2, 0.25) is 0 Å². The Bertz CT molecular complexity index is 452. The fourth-order valence-electron chi connectivity index (χ4n) is 2.04. The molecule has 0 saturated carbocycles. The molecule has 8 heteroatoms.